The van der Waals surface area contributed by atoms with Gasteiger partial charge in [0.05, 0.1) is 23.4 Å². The topological polar surface area (TPSA) is 42.7 Å². The fourth-order valence-corrected chi connectivity index (χ4v) is 2.23. The van der Waals surface area contributed by atoms with Crippen molar-refractivity contribution < 1.29 is 0 Å². The van der Waals surface area contributed by atoms with Gasteiger partial charge >= 0.3 is 0 Å². The number of rotatable bonds is 4. The van der Waals surface area contributed by atoms with Crippen LogP contribution in [-0.2, 0) is 13.1 Å². The third-order valence-electron chi connectivity index (χ3n) is 3.20. The lowest BCUT2D eigenvalue weighted by Gasteiger charge is -2.10. The first-order valence-corrected chi connectivity index (χ1v) is 6.47. The molecule has 96 valence electrons. The molecular weight excluding hydrogens is 236 g/mol. The van der Waals surface area contributed by atoms with Gasteiger partial charge in [-0.2, -0.15) is 5.10 Å². The van der Waals surface area contributed by atoms with Gasteiger partial charge in [0, 0.05) is 24.3 Å². The van der Waals surface area contributed by atoms with Crippen molar-refractivity contribution in [2.24, 2.45) is 0 Å². The minimum Gasteiger partial charge on any atom is -0.378 e. The first kappa shape index (κ1) is 11.7. The summed E-state index contributed by atoms with van der Waals surface area (Å²) in [6, 6.07) is 12.2. The van der Waals surface area contributed by atoms with Crippen LogP contribution >= 0.6 is 0 Å². The summed E-state index contributed by atoms with van der Waals surface area (Å²) in [6.07, 6.45) is 3.66. The van der Waals surface area contributed by atoms with Crippen LogP contribution in [0.15, 0.2) is 48.8 Å². The number of nitrogens with zero attached hydrogens (tertiary/aromatic N) is 3. The molecular formula is C15H16N4. The second kappa shape index (κ2) is 5.10. The second-order valence-electron chi connectivity index (χ2n) is 4.37. The Kier molecular flexibility index (Phi) is 3.14. The Balaban J connectivity index is 1.86. The summed E-state index contributed by atoms with van der Waals surface area (Å²) in [7, 11) is 0. The fraction of sp³-hybridized carbons (Fsp3) is 0.200. The second-order valence-corrected chi connectivity index (χ2v) is 4.37. The smallest absolute Gasteiger partial charge is 0.0933 e. The van der Waals surface area contributed by atoms with Gasteiger partial charge in [-0.1, -0.05) is 18.2 Å². The quantitative estimate of drug-likeness (QED) is 0.776. The largest absolute Gasteiger partial charge is 0.378 e. The molecule has 0 fully saturated rings. The minimum absolute atomic E-state index is 0.753. The highest BCUT2D eigenvalue weighted by atomic mass is 15.3. The van der Waals surface area contributed by atoms with Crippen molar-refractivity contribution in [1.29, 1.82) is 0 Å². The van der Waals surface area contributed by atoms with E-state index in [0.29, 0.717) is 0 Å². The number of nitrogens with one attached hydrogen (secondary N) is 1. The monoisotopic (exact) mass is 252 g/mol. The van der Waals surface area contributed by atoms with Gasteiger partial charge in [0.2, 0.25) is 0 Å². The lowest BCUT2D eigenvalue weighted by Crippen LogP contribution is -2.08. The van der Waals surface area contributed by atoms with Gasteiger partial charge in [-0.05, 0) is 25.1 Å². The summed E-state index contributed by atoms with van der Waals surface area (Å²) in [4.78, 5) is 4.44. The molecule has 0 spiro atoms. The Labute approximate surface area is 112 Å². The van der Waals surface area contributed by atoms with Gasteiger partial charge in [0.25, 0.3) is 0 Å². The Hall–Kier alpha value is -2.36. The first-order chi connectivity index (χ1) is 9.38. The molecule has 3 aromatic rings. The van der Waals surface area contributed by atoms with Crippen molar-refractivity contribution in [3.63, 3.8) is 0 Å². The maximum absolute atomic E-state index is 4.44. The molecule has 0 aliphatic heterocycles. The van der Waals surface area contributed by atoms with E-state index in [9.17, 15) is 0 Å². The zero-order valence-electron chi connectivity index (χ0n) is 10.9. The van der Waals surface area contributed by atoms with Crippen molar-refractivity contribution in [2.45, 2.75) is 20.0 Å². The van der Waals surface area contributed by atoms with E-state index in [1.165, 1.54) is 5.69 Å². The highest BCUT2D eigenvalue weighted by Gasteiger charge is 2.03. The fourth-order valence-electron chi connectivity index (χ4n) is 2.23. The Morgan fingerprint density at radius 2 is 2.00 bits per heavy atom. The van der Waals surface area contributed by atoms with Crippen molar-refractivity contribution in [1.82, 2.24) is 14.8 Å². The molecule has 3 rings (SSSR count). The molecule has 0 aliphatic rings. The van der Waals surface area contributed by atoms with Crippen LogP contribution in [0.25, 0.3) is 10.9 Å². The molecule has 0 radical (unpaired) electrons. The zero-order valence-corrected chi connectivity index (χ0v) is 10.9. The van der Waals surface area contributed by atoms with Crippen LogP contribution in [0.5, 0.6) is 0 Å². The van der Waals surface area contributed by atoms with E-state index in [0.717, 1.165) is 29.7 Å². The lowest BCUT2D eigenvalue weighted by atomic mass is 10.2. The van der Waals surface area contributed by atoms with E-state index in [1.54, 1.807) is 0 Å². The Bertz CT molecular complexity index is 682. The molecule has 0 saturated heterocycles. The van der Waals surface area contributed by atoms with Crippen LogP contribution in [0.2, 0.25) is 0 Å². The number of para-hydroxylation sites is 1. The van der Waals surface area contributed by atoms with E-state index in [2.05, 4.69) is 40.5 Å². The van der Waals surface area contributed by atoms with Gasteiger partial charge in [0.15, 0.2) is 0 Å². The van der Waals surface area contributed by atoms with E-state index >= 15 is 0 Å². The van der Waals surface area contributed by atoms with Crippen LogP contribution in [0.3, 0.4) is 0 Å². The van der Waals surface area contributed by atoms with Crippen LogP contribution in [-0.4, -0.2) is 14.8 Å². The van der Waals surface area contributed by atoms with Crippen molar-refractivity contribution in [3.05, 3.63) is 54.5 Å². The molecule has 1 N–H and O–H groups in total. The maximum atomic E-state index is 4.44. The normalized spacial score (nSPS) is 10.8. The molecule has 0 saturated carbocycles. The van der Waals surface area contributed by atoms with Crippen molar-refractivity contribution >= 4 is 16.6 Å². The van der Waals surface area contributed by atoms with Gasteiger partial charge in [0.1, 0.15) is 0 Å². The average Bonchev–Trinajstić information content (AvgIpc) is 2.92. The number of pyridine rings is 1. The van der Waals surface area contributed by atoms with Gasteiger partial charge in [-0.25, -0.2) is 0 Å². The number of benzene rings is 1. The third-order valence-corrected chi connectivity index (χ3v) is 3.20. The number of hydrogen-bond acceptors (Lipinski definition) is 3. The van der Waals surface area contributed by atoms with E-state index in [1.807, 2.05) is 35.3 Å². The predicted molar refractivity (Wildman–Crippen MR) is 77.0 cm³/mol. The molecule has 0 unspecified atom stereocenters. The number of aryl methyl sites for hydroxylation is 1. The Morgan fingerprint density at radius 3 is 2.89 bits per heavy atom. The molecule has 2 heterocycles. The molecule has 1 aromatic carbocycles. The summed E-state index contributed by atoms with van der Waals surface area (Å²) in [5, 5.41) is 8.86. The van der Waals surface area contributed by atoms with Gasteiger partial charge in [-0.3, -0.25) is 9.67 Å². The average molecular weight is 252 g/mol. The van der Waals surface area contributed by atoms with Crippen LogP contribution in [0.4, 0.5) is 5.69 Å². The summed E-state index contributed by atoms with van der Waals surface area (Å²) >= 11 is 0. The number of fused-ring (bicyclic) bond motifs is 1. The minimum atomic E-state index is 0.753. The predicted octanol–water partition coefficient (Wildman–Crippen LogP) is 3.06. The third kappa shape index (κ3) is 2.29. The zero-order chi connectivity index (χ0) is 13.1. The summed E-state index contributed by atoms with van der Waals surface area (Å²) in [5.74, 6) is 0. The van der Waals surface area contributed by atoms with E-state index in [4.69, 9.17) is 0 Å². The molecule has 19 heavy (non-hydrogen) atoms. The summed E-state index contributed by atoms with van der Waals surface area (Å²) in [5.41, 5.74) is 3.24. The summed E-state index contributed by atoms with van der Waals surface area (Å²) < 4.78 is 1.99. The maximum Gasteiger partial charge on any atom is 0.0933 e. The molecule has 0 aliphatic carbocycles. The molecule has 0 amide bonds. The van der Waals surface area contributed by atoms with Gasteiger partial charge in [-0.15, -0.1) is 0 Å². The summed E-state index contributed by atoms with van der Waals surface area (Å²) in [6.45, 7) is 3.73. The van der Waals surface area contributed by atoms with Crippen LogP contribution in [0, 0.1) is 0 Å². The van der Waals surface area contributed by atoms with E-state index in [-0.39, 0.29) is 0 Å². The van der Waals surface area contributed by atoms with E-state index < -0.39 is 0 Å². The number of anilines is 1. The highest BCUT2D eigenvalue weighted by molar-refractivity contribution is 5.90. The molecule has 4 heteroatoms. The van der Waals surface area contributed by atoms with Crippen molar-refractivity contribution in [3.8, 4) is 0 Å². The molecule has 0 atom stereocenters. The van der Waals surface area contributed by atoms with Crippen LogP contribution < -0.4 is 5.32 Å². The number of aromatic nitrogens is 3. The van der Waals surface area contributed by atoms with Crippen LogP contribution in [0.1, 0.15) is 12.6 Å². The standard InChI is InChI=1S/C15H16N4/c1-2-19-13(8-10-18-19)11-17-14-7-3-5-12-6-4-9-16-15(12)14/h3-10,17H,2,11H2,1H3. The molecule has 2 aromatic heterocycles. The highest BCUT2D eigenvalue weighted by Crippen LogP contribution is 2.21. The SMILES string of the molecule is CCn1nccc1CNc1cccc2cccnc12. The molecule has 0 bridgehead atoms. The first-order valence-electron chi connectivity index (χ1n) is 6.47. The molecule has 4 nitrogen and oxygen atoms in total. The van der Waals surface area contributed by atoms with Crippen molar-refractivity contribution in [2.75, 3.05) is 5.32 Å². The number of hydrogen-bond donors (Lipinski definition) is 1. The lowest BCUT2D eigenvalue weighted by molar-refractivity contribution is 0.628. The Morgan fingerprint density at radius 1 is 1.11 bits per heavy atom. The van der Waals surface area contributed by atoms with Gasteiger partial charge < -0.3 is 5.32 Å².